The Kier molecular flexibility index (Phi) is 7.02. The first-order valence-corrected chi connectivity index (χ1v) is 13.8. The van der Waals surface area contributed by atoms with Gasteiger partial charge in [-0.2, -0.15) is 0 Å². The van der Waals surface area contributed by atoms with Crippen LogP contribution in [0, 0.1) is 12.8 Å². The fourth-order valence-electron chi connectivity index (χ4n) is 5.71. The first kappa shape index (κ1) is 24.9. The van der Waals surface area contributed by atoms with Crippen LogP contribution in [0.5, 0.6) is 5.75 Å². The Bertz CT molecular complexity index is 1320. The number of hydrogen-bond acceptors (Lipinski definition) is 7. The zero-order valence-corrected chi connectivity index (χ0v) is 22.2. The molecule has 38 heavy (non-hydrogen) atoms. The highest BCUT2D eigenvalue weighted by Crippen LogP contribution is 2.48. The Hall–Kier alpha value is -3.45. The van der Waals surface area contributed by atoms with Crippen molar-refractivity contribution in [3.63, 3.8) is 0 Å². The van der Waals surface area contributed by atoms with Gasteiger partial charge in [0.1, 0.15) is 12.4 Å². The average Bonchev–Trinajstić information content (AvgIpc) is 3.76. The van der Waals surface area contributed by atoms with Gasteiger partial charge in [0, 0.05) is 18.7 Å². The normalized spacial score (nSPS) is 20.2. The molecule has 0 N–H and O–H groups in total. The van der Waals surface area contributed by atoms with E-state index in [0.717, 1.165) is 80.6 Å². The summed E-state index contributed by atoms with van der Waals surface area (Å²) < 4.78 is 16.8. The molecule has 3 aromatic rings. The Morgan fingerprint density at radius 1 is 1.08 bits per heavy atom. The summed E-state index contributed by atoms with van der Waals surface area (Å²) in [5.41, 5.74) is 8.25. The summed E-state index contributed by atoms with van der Waals surface area (Å²) >= 11 is 0. The molecule has 1 aliphatic heterocycles. The number of aromatic nitrogens is 2. The van der Waals surface area contributed by atoms with Crippen molar-refractivity contribution in [3.05, 3.63) is 70.5 Å². The first-order valence-electron chi connectivity index (χ1n) is 13.8. The zero-order valence-electron chi connectivity index (χ0n) is 22.2. The number of hydrogen-bond donors (Lipinski definition) is 0. The fourth-order valence-corrected chi connectivity index (χ4v) is 5.71. The van der Waals surface area contributed by atoms with Gasteiger partial charge >= 0.3 is 5.97 Å². The molecule has 0 unspecified atom stereocenters. The van der Waals surface area contributed by atoms with Gasteiger partial charge in [0.2, 0.25) is 5.95 Å². The van der Waals surface area contributed by atoms with Crippen LogP contribution in [0.2, 0.25) is 0 Å². The van der Waals surface area contributed by atoms with E-state index in [-0.39, 0.29) is 17.8 Å². The molecule has 0 bridgehead atoms. The number of morpholine rings is 1. The molecule has 2 atom stereocenters. The summed E-state index contributed by atoms with van der Waals surface area (Å²) in [6, 6.07) is 14.8. The van der Waals surface area contributed by atoms with E-state index < -0.39 is 0 Å². The number of esters is 1. The lowest BCUT2D eigenvalue weighted by atomic mass is 9.95. The summed E-state index contributed by atoms with van der Waals surface area (Å²) in [7, 11) is 0. The van der Waals surface area contributed by atoms with Crippen molar-refractivity contribution in [2.45, 2.75) is 52.1 Å². The van der Waals surface area contributed by atoms with Crippen LogP contribution in [-0.4, -0.2) is 48.8 Å². The maximum Gasteiger partial charge on any atom is 0.309 e. The summed E-state index contributed by atoms with van der Waals surface area (Å²) in [5.74, 6) is 1.84. The van der Waals surface area contributed by atoms with Crippen molar-refractivity contribution in [2.75, 3.05) is 37.8 Å². The van der Waals surface area contributed by atoms with Crippen LogP contribution in [-0.2, 0) is 33.7 Å². The second-order valence-corrected chi connectivity index (χ2v) is 10.4. The second-order valence-electron chi connectivity index (χ2n) is 10.4. The van der Waals surface area contributed by atoms with Crippen LogP contribution in [0.1, 0.15) is 53.8 Å². The van der Waals surface area contributed by atoms with Gasteiger partial charge < -0.3 is 19.1 Å². The lowest BCUT2D eigenvalue weighted by molar-refractivity contribution is -0.144. The Balaban J connectivity index is 1.17. The van der Waals surface area contributed by atoms with Gasteiger partial charge in [0.15, 0.2) is 0 Å². The van der Waals surface area contributed by atoms with Gasteiger partial charge in [-0.15, -0.1) is 0 Å². The predicted octanol–water partition coefficient (Wildman–Crippen LogP) is 5.02. The topological polar surface area (TPSA) is 73.8 Å². The van der Waals surface area contributed by atoms with E-state index in [2.05, 4.69) is 42.2 Å². The van der Waals surface area contributed by atoms with Crippen LogP contribution in [0.3, 0.4) is 0 Å². The highest BCUT2D eigenvalue weighted by atomic mass is 16.5. The molecule has 2 aliphatic carbocycles. The second kappa shape index (κ2) is 10.7. The number of nitrogens with zero attached hydrogens (tertiary/aromatic N) is 3. The molecule has 1 aromatic heterocycles. The number of carbonyl (C=O) groups excluding carboxylic acids is 1. The summed E-state index contributed by atoms with van der Waals surface area (Å²) in [4.78, 5) is 24.2. The molecule has 7 heteroatoms. The van der Waals surface area contributed by atoms with Gasteiger partial charge in [0.25, 0.3) is 0 Å². The van der Waals surface area contributed by atoms with Gasteiger partial charge in [-0.1, -0.05) is 24.3 Å². The van der Waals surface area contributed by atoms with Crippen LogP contribution >= 0.6 is 0 Å². The van der Waals surface area contributed by atoms with Crippen molar-refractivity contribution in [1.29, 1.82) is 0 Å². The molecule has 198 valence electrons. The van der Waals surface area contributed by atoms with Crippen molar-refractivity contribution >= 4 is 11.9 Å². The molecule has 0 radical (unpaired) electrons. The lowest BCUT2D eigenvalue weighted by Gasteiger charge is -2.28. The summed E-state index contributed by atoms with van der Waals surface area (Å²) in [6.07, 6.45) is 3.95. The Labute approximate surface area is 224 Å². The minimum atomic E-state index is -0.0828. The van der Waals surface area contributed by atoms with E-state index in [1.54, 1.807) is 0 Å². The molecule has 1 saturated heterocycles. The van der Waals surface area contributed by atoms with Crippen molar-refractivity contribution in [3.8, 4) is 16.9 Å². The van der Waals surface area contributed by atoms with Gasteiger partial charge in [0.05, 0.1) is 37.1 Å². The number of ether oxygens (including phenoxy) is 3. The van der Waals surface area contributed by atoms with Crippen LogP contribution in [0.4, 0.5) is 5.95 Å². The molecule has 6 rings (SSSR count). The largest absolute Gasteiger partial charge is 0.489 e. The maximum absolute atomic E-state index is 12.0. The smallest absolute Gasteiger partial charge is 0.309 e. The van der Waals surface area contributed by atoms with Crippen molar-refractivity contribution in [1.82, 2.24) is 9.97 Å². The fraction of sp³-hybridized carbons (Fsp3) is 0.452. The molecule has 7 nitrogen and oxygen atoms in total. The highest BCUT2D eigenvalue weighted by molar-refractivity contribution is 5.77. The van der Waals surface area contributed by atoms with Crippen LogP contribution in [0.15, 0.2) is 42.5 Å². The van der Waals surface area contributed by atoms with Gasteiger partial charge in [-0.3, -0.25) is 4.79 Å². The third-order valence-corrected chi connectivity index (χ3v) is 7.84. The summed E-state index contributed by atoms with van der Waals surface area (Å²) in [5, 5.41) is 0. The Morgan fingerprint density at radius 2 is 1.89 bits per heavy atom. The molecule has 2 aromatic carbocycles. The van der Waals surface area contributed by atoms with E-state index in [1.165, 1.54) is 22.3 Å². The number of aryl methyl sites for hydroxylation is 3. The minimum absolute atomic E-state index is 0.00144. The monoisotopic (exact) mass is 513 g/mol. The lowest BCUT2D eigenvalue weighted by Crippen LogP contribution is -2.37. The number of benzene rings is 2. The van der Waals surface area contributed by atoms with E-state index >= 15 is 0 Å². The quantitative estimate of drug-likeness (QED) is 0.411. The van der Waals surface area contributed by atoms with Crippen LogP contribution in [0.25, 0.3) is 11.1 Å². The molecule has 0 amide bonds. The van der Waals surface area contributed by atoms with E-state index in [4.69, 9.17) is 24.2 Å². The number of anilines is 1. The van der Waals surface area contributed by atoms with Crippen LogP contribution < -0.4 is 9.64 Å². The molecule has 0 spiro atoms. The molecule has 1 saturated carbocycles. The van der Waals surface area contributed by atoms with Crippen molar-refractivity contribution < 1.29 is 19.0 Å². The third kappa shape index (κ3) is 5.12. The Morgan fingerprint density at radius 3 is 2.68 bits per heavy atom. The highest BCUT2D eigenvalue weighted by Gasteiger charge is 2.45. The average molecular weight is 514 g/mol. The number of carbonyl (C=O) groups is 1. The molecule has 2 fully saturated rings. The van der Waals surface area contributed by atoms with Crippen molar-refractivity contribution in [2.24, 2.45) is 5.92 Å². The first-order chi connectivity index (χ1) is 18.6. The molecular formula is C31H35N3O4. The van der Waals surface area contributed by atoms with Gasteiger partial charge in [-0.05, 0) is 85.9 Å². The third-order valence-electron chi connectivity index (χ3n) is 7.84. The summed E-state index contributed by atoms with van der Waals surface area (Å²) in [6.45, 7) is 8.01. The standard InChI is InChI=1S/C31H35N3O4/c1-3-37-30(35)27-18-25(27)23-9-11-24(12-10-23)38-19-21-7-8-22-5-4-6-28-29(26(22)17-21)20(2)32-31(33-28)34-13-15-36-16-14-34/h7-12,17,25,27H,3-6,13-16,18-19H2,1-2H3/t25-,27+/m1/s1. The maximum atomic E-state index is 12.0. The molecule has 3 aliphatic rings. The van der Waals surface area contributed by atoms with E-state index in [9.17, 15) is 4.79 Å². The molecule has 2 heterocycles. The number of rotatable bonds is 7. The van der Waals surface area contributed by atoms with E-state index in [0.29, 0.717) is 13.2 Å². The van der Waals surface area contributed by atoms with E-state index in [1.807, 2.05) is 19.1 Å². The predicted molar refractivity (Wildman–Crippen MR) is 146 cm³/mol. The molecular weight excluding hydrogens is 478 g/mol. The van der Waals surface area contributed by atoms with Gasteiger partial charge in [-0.25, -0.2) is 9.97 Å². The minimum Gasteiger partial charge on any atom is -0.489 e. The SMILES string of the molecule is CCOC(=O)[C@H]1C[C@@H]1c1ccc(OCc2ccc3c(c2)-c2c(C)nc(N4CCOCC4)nc2CCC3)cc1. The number of fused-ring (bicyclic) bond motifs is 3. The zero-order chi connectivity index (χ0) is 26.1.